The van der Waals surface area contributed by atoms with Gasteiger partial charge in [-0.15, -0.1) is 21.5 Å². The Morgan fingerprint density at radius 3 is 2.88 bits per heavy atom. The lowest BCUT2D eigenvalue weighted by Crippen LogP contribution is -2.27. The minimum Gasteiger partial charge on any atom is -0.340 e. The highest BCUT2D eigenvalue weighted by molar-refractivity contribution is 7.99. The fourth-order valence-electron chi connectivity index (χ4n) is 2.52. The summed E-state index contributed by atoms with van der Waals surface area (Å²) in [5.74, 6) is 0.416. The Labute approximate surface area is 155 Å². The largest absolute Gasteiger partial charge is 0.340 e. The highest BCUT2D eigenvalue weighted by Gasteiger charge is 2.14. The summed E-state index contributed by atoms with van der Waals surface area (Å²) in [6.45, 7) is 4.78. The molecule has 3 rings (SSSR count). The van der Waals surface area contributed by atoms with Crippen molar-refractivity contribution in [3.8, 4) is 5.69 Å². The molecule has 0 spiro atoms. The van der Waals surface area contributed by atoms with Crippen LogP contribution in [0.3, 0.4) is 0 Å². The molecule has 0 aliphatic carbocycles. The molecule has 25 heavy (non-hydrogen) atoms. The highest BCUT2D eigenvalue weighted by Crippen LogP contribution is 2.23. The zero-order chi connectivity index (χ0) is 17.8. The molecule has 0 N–H and O–H groups in total. The van der Waals surface area contributed by atoms with Crippen LogP contribution in [0.5, 0.6) is 0 Å². The van der Waals surface area contributed by atoms with Gasteiger partial charge in [-0.1, -0.05) is 35.5 Å². The number of amides is 1. The van der Waals surface area contributed by atoms with E-state index >= 15 is 0 Å². The van der Waals surface area contributed by atoms with E-state index in [2.05, 4.69) is 42.2 Å². The number of thioether (sulfide) groups is 1. The van der Waals surface area contributed by atoms with E-state index in [0.717, 1.165) is 16.4 Å². The summed E-state index contributed by atoms with van der Waals surface area (Å²) in [6, 6.07) is 10.3. The molecule has 2 heterocycles. The van der Waals surface area contributed by atoms with Gasteiger partial charge in [0.05, 0.1) is 18.0 Å². The van der Waals surface area contributed by atoms with Gasteiger partial charge in [0.15, 0.2) is 5.16 Å². The van der Waals surface area contributed by atoms with Crippen molar-refractivity contribution < 1.29 is 4.79 Å². The van der Waals surface area contributed by atoms with Gasteiger partial charge in [-0.25, -0.2) is 0 Å². The summed E-state index contributed by atoms with van der Waals surface area (Å²) < 4.78 is 1.94. The van der Waals surface area contributed by atoms with Crippen LogP contribution in [0.25, 0.3) is 5.69 Å². The summed E-state index contributed by atoms with van der Waals surface area (Å²) in [5, 5.41) is 10.9. The Hall–Kier alpha value is -2.12. The van der Waals surface area contributed by atoms with E-state index in [-0.39, 0.29) is 5.91 Å². The molecular formula is C18H20N4OS2. The van der Waals surface area contributed by atoms with Gasteiger partial charge < -0.3 is 4.90 Å². The molecule has 2 aromatic heterocycles. The molecule has 0 saturated carbocycles. The van der Waals surface area contributed by atoms with Crippen molar-refractivity contribution >= 4 is 29.0 Å². The van der Waals surface area contributed by atoms with Gasteiger partial charge >= 0.3 is 0 Å². The molecule has 7 heteroatoms. The van der Waals surface area contributed by atoms with Crippen LogP contribution in [0.2, 0.25) is 0 Å². The Morgan fingerprint density at radius 1 is 1.32 bits per heavy atom. The minimum absolute atomic E-state index is 0.0774. The Bertz CT molecular complexity index is 858. The fourth-order valence-corrected chi connectivity index (χ4v) is 4.14. The standard InChI is InChI=1S/C18H20N4OS2/c1-13-6-7-16(14(2)9-13)22-12-19-20-18(22)25-11-17(23)21(3)10-15-5-4-8-24-15/h4-9,12H,10-11H2,1-3H3. The first kappa shape index (κ1) is 17.7. The van der Waals surface area contributed by atoms with Crippen molar-refractivity contribution in [1.29, 1.82) is 0 Å². The third-order valence-corrected chi connectivity index (χ3v) is 5.64. The number of rotatable bonds is 6. The zero-order valence-electron chi connectivity index (χ0n) is 14.5. The van der Waals surface area contributed by atoms with Crippen molar-refractivity contribution in [2.24, 2.45) is 0 Å². The second-order valence-corrected chi connectivity index (χ2v) is 7.87. The van der Waals surface area contributed by atoms with Gasteiger partial charge in [0.25, 0.3) is 0 Å². The molecule has 0 fully saturated rings. The number of benzene rings is 1. The number of aromatic nitrogens is 3. The first-order valence-electron chi connectivity index (χ1n) is 7.91. The van der Waals surface area contributed by atoms with Crippen molar-refractivity contribution in [2.75, 3.05) is 12.8 Å². The average molecular weight is 373 g/mol. The predicted octanol–water partition coefficient (Wildman–Crippen LogP) is 3.70. The zero-order valence-corrected chi connectivity index (χ0v) is 16.1. The van der Waals surface area contributed by atoms with Gasteiger partial charge in [-0.2, -0.15) is 0 Å². The van der Waals surface area contributed by atoms with E-state index in [0.29, 0.717) is 12.3 Å². The van der Waals surface area contributed by atoms with Crippen molar-refractivity contribution in [2.45, 2.75) is 25.5 Å². The molecule has 0 radical (unpaired) electrons. The Kier molecular flexibility index (Phi) is 5.55. The van der Waals surface area contributed by atoms with Crippen LogP contribution < -0.4 is 0 Å². The van der Waals surface area contributed by atoms with Crippen molar-refractivity contribution in [3.05, 3.63) is 58.0 Å². The fraction of sp³-hybridized carbons (Fsp3) is 0.278. The van der Waals surface area contributed by atoms with Gasteiger partial charge in [0.2, 0.25) is 5.91 Å². The lowest BCUT2D eigenvalue weighted by molar-refractivity contribution is -0.127. The second kappa shape index (κ2) is 7.84. The number of aryl methyl sites for hydroxylation is 2. The van der Waals surface area contributed by atoms with Gasteiger partial charge in [0.1, 0.15) is 6.33 Å². The quantitative estimate of drug-likeness (QED) is 0.619. The molecule has 0 aliphatic heterocycles. The molecule has 0 unspecified atom stereocenters. The molecule has 0 bridgehead atoms. The summed E-state index contributed by atoms with van der Waals surface area (Å²) in [6.07, 6.45) is 1.69. The van der Waals surface area contributed by atoms with E-state index < -0.39 is 0 Å². The number of hydrogen-bond donors (Lipinski definition) is 0. The Morgan fingerprint density at radius 2 is 2.16 bits per heavy atom. The molecule has 1 aromatic carbocycles. The average Bonchev–Trinajstić information content (AvgIpc) is 3.24. The van der Waals surface area contributed by atoms with Crippen LogP contribution in [0.15, 0.2) is 47.2 Å². The lowest BCUT2D eigenvalue weighted by atomic mass is 10.1. The van der Waals surface area contributed by atoms with Crippen LogP contribution in [0.1, 0.15) is 16.0 Å². The van der Waals surface area contributed by atoms with Gasteiger partial charge in [-0.05, 0) is 36.9 Å². The summed E-state index contributed by atoms with van der Waals surface area (Å²) in [4.78, 5) is 15.3. The first-order valence-corrected chi connectivity index (χ1v) is 9.78. The van der Waals surface area contributed by atoms with E-state index in [1.54, 1.807) is 22.6 Å². The summed E-state index contributed by atoms with van der Waals surface area (Å²) in [7, 11) is 1.83. The normalized spacial score (nSPS) is 10.8. The number of carbonyl (C=O) groups excluding carboxylic acids is 1. The molecule has 1 amide bonds. The number of carbonyl (C=O) groups is 1. The predicted molar refractivity (Wildman–Crippen MR) is 102 cm³/mol. The van der Waals surface area contributed by atoms with E-state index in [1.165, 1.54) is 22.2 Å². The third-order valence-electron chi connectivity index (χ3n) is 3.85. The Balaban J connectivity index is 1.66. The van der Waals surface area contributed by atoms with E-state index in [1.807, 2.05) is 29.1 Å². The third kappa shape index (κ3) is 4.29. The van der Waals surface area contributed by atoms with E-state index in [4.69, 9.17) is 0 Å². The van der Waals surface area contributed by atoms with Gasteiger partial charge in [0, 0.05) is 11.9 Å². The lowest BCUT2D eigenvalue weighted by Gasteiger charge is -2.16. The maximum Gasteiger partial charge on any atom is 0.233 e. The molecule has 3 aromatic rings. The summed E-state index contributed by atoms with van der Waals surface area (Å²) in [5.41, 5.74) is 3.41. The highest BCUT2D eigenvalue weighted by atomic mass is 32.2. The topological polar surface area (TPSA) is 51.0 Å². The maximum absolute atomic E-state index is 12.4. The monoisotopic (exact) mass is 372 g/mol. The van der Waals surface area contributed by atoms with Crippen LogP contribution in [0, 0.1) is 13.8 Å². The van der Waals surface area contributed by atoms with Gasteiger partial charge in [-0.3, -0.25) is 9.36 Å². The van der Waals surface area contributed by atoms with Crippen LogP contribution >= 0.6 is 23.1 Å². The number of hydrogen-bond acceptors (Lipinski definition) is 5. The van der Waals surface area contributed by atoms with Crippen molar-refractivity contribution in [3.63, 3.8) is 0 Å². The summed E-state index contributed by atoms with van der Waals surface area (Å²) >= 11 is 3.07. The van der Waals surface area contributed by atoms with Crippen LogP contribution in [-0.2, 0) is 11.3 Å². The van der Waals surface area contributed by atoms with E-state index in [9.17, 15) is 4.79 Å². The smallest absolute Gasteiger partial charge is 0.233 e. The number of thiophene rings is 1. The molecule has 0 saturated heterocycles. The second-order valence-electron chi connectivity index (χ2n) is 5.89. The molecule has 5 nitrogen and oxygen atoms in total. The number of nitrogens with zero attached hydrogens (tertiary/aromatic N) is 4. The van der Waals surface area contributed by atoms with Crippen molar-refractivity contribution in [1.82, 2.24) is 19.7 Å². The first-order chi connectivity index (χ1) is 12.0. The molecule has 130 valence electrons. The minimum atomic E-state index is 0.0774. The molecule has 0 atom stereocenters. The maximum atomic E-state index is 12.4. The molecule has 0 aliphatic rings. The van der Waals surface area contributed by atoms with Crippen LogP contribution in [0.4, 0.5) is 0 Å². The molecular weight excluding hydrogens is 352 g/mol. The van der Waals surface area contributed by atoms with Crippen LogP contribution in [-0.4, -0.2) is 38.4 Å². The SMILES string of the molecule is Cc1ccc(-n2cnnc2SCC(=O)N(C)Cc2cccs2)c(C)c1.